The Morgan fingerprint density at radius 2 is 1.76 bits per heavy atom. The first kappa shape index (κ1) is 16.3. The molecule has 1 aromatic carbocycles. The molecule has 118 valence electrons. The number of benzene rings is 1. The highest BCUT2D eigenvalue weighted by Gasteiger charge is 2.40. The minimum Gasteiger partial charge on any atom is -0.388 e. The third-order valence-corrected chi connectivity index (χ3v) is 4.81. The minimum atomic E-state index is -4.35. The van der Waals surface area contributed by atoms with Gasteiger partial charge in [0, 0.05) is 12.0 Å². The molecule has 0 bridgehead atoms. The Kier molecular flexibility index (Phi) is 4.63. The van der Waals surface area contributed by atoms with Crippen molar-refractivity contribution in [3.63, 3.8) is 0 Å². The molecule has 1 fully saturated rings. The molecule has 0 aliphatic heterocycles. The van der Waals surface area contributed by atoms with Crippen LogP contribution < -0.4 is 5.73 Å². The van der Waals surface area contributed by atoms with Gasteiger partial charge in [-0.05, 0) is 36.5 Å². The van der Waals surface area contributed by atoms with Gasteiger partial charge in [0.25, 0.3) is 0 Å². The molecule has 3 N–H and O–H groups in total. The van der Waals surface area contributed by atoms with E-state index in [4.69, 9.17) is 5.73 Å². The summed E-state index contributed by atoms with van der Waals surface area (Å²) in [5.41, 5.74) is 5.29. The highest BCUT2D eigenvalue weighted by molar-refractivity contribution is 5.27. The summed E-state index contributed by atoms with van der Waals surface area (Å²) in [7, 11) is 0. The third kappa shape index (κ3) is 3.40. The predicted octanol–water partition coefficient (Wildman–Crippen LogP) is 3.89. The van der Waals surface area contributed by atoms with Gasteiger partial charge in [0.2, 0.25) is 0 Å². The minimum absolute atomic E-state index is 0.349. The van der Waals surface area contributed by atoms with Crippen molar-refractivity contribution in [3.05, 3.63) is 35.4 Å². The quantitative estimate of drug-likeness (QED) is 0.889. The summed E-state index contributed by atoms with van der Waals surface area (Å²) in [6.07, 6.45) is -1.55. The molecule has 0 heterocycles. The van der Waals surface area contributed by atoms with Crippen LogP contribution in [-0.2, 0) is 6.18 Å². The van der Waals surface area contributed by atoms with Gasteiger partial charge in [0.15, 0.2) is 0 Å². The maximum absolute atomic E-state index is 12.6. The second kappa shape index (κ2) is 5.97. The second-order valence-electron chi connectivity index (χ2n) is 6.27. The van der Waals surface area contributed by atoms with Crippen LogP contribution in [0, 0.1) is 11.3 Å². The van der Waals surface area contributed by atoms with E-state index >= 15 is 0 Å². The molecule has 21 heavy (non-hydrogen) atoms. The summed E-state index contributed by atoms with van der Waals surface area (Å²) in [6, 6.07) is 4.77. The zero-order valence-electron chi connectivity index (χ0n) is 12.2. The van der Waals surface area contributed by atoms with Crippen LogP contribution in [0.2, 0.25) is 0 Å². The number of aliphatic hydroxyl groups is 1. The largest absolute Gasteiger partial charge is 0.416 e. The van der Waals surface area contributed by atoms with E-state index in [0.717, 1.165) is 37.8 Å². The normalized spacial score (nSPS) is 28.4. The van der Waals surface area contributed by atoms with Crippen LogP contribution in [0.3, 0.4) is 0 Å². The highest BCUT2D eigenvalue weighted by Crippen LogP contribution is 2.47. The van der Waals surface area contributed by atoms with Gasteiger partial charge in [-0.2, -0.15) is 13.2 Å². The van der Waals surface area contributed by atoms with Gasteiger partial charge in [-0.1, -0.05) is 31.9 Å². The molecule has 2 rings (SSSR count). The second-order valence-corrected chi connectivity index (χ2v) is 6.27. The molecule has 1 aliphatic carbocycles. The molecule has 1 unspecified atom stereocenters. The standard InChI is InChI=1S/C16H22F3NO/c1-11-6-8-15(10-20,9-7-11)14(21)12-2-4-13(5-3-12)16(17,18)19/h2-5,11,14,21H,6-10,20H2,1H3. The van der Waals surface area contributed by atoms with Gasteiger partial charge < -0.3 is 10.8 Å². The summed E-state index contributed by atoms with van der Waals surface area (Å²) in [5, 5.41) is 10.6. The Balaban J connectivity index is 2.20. The van der Waals surface area contributed by atoms with E-state index in [1.54, 1.807) is 0 Å². The van der Waals surface area contributed by atoms with E-state index in [-0.39, 0.29) is 0 Å². The molecule has 0 amide bonds. The van der Waals surface area contributed by atoms with Gasteiger partial charge >= 0.3 is 6.18 Å². The van der Waals surface area contributed by atoms with Gasteiger partial charge in [0.05, 0.1) is 11.7 Å². The summed E-state index contributed by atoms with van der Waals surface area (Å²) in [6.45, 7) is 2.52. The lowest BCUT2D eigenvalue weighted by atomic mass is 9.66. The maximum atomic E-state index is 12.6. The van der Waals surface area contributed by atoms with Gasteiger partial charge in [-0.25, -0.2) is 0 Å². The van der Waals surface area contributed by atoms with E-state index < -0.39 is 23.3 Å². The Labute approximate surface area is 123 Å². The summed E-state index contributed by atoms with van der Waals surface area (Å²) >= 11 is 0. The lowest BCUT2D eigenvalue weighted by Crippen LogP contribution is -2.40. The molecular weight excluding hydrogens is 279 g/mol. The molecule has 0 radical (unpaired) electrons. The molecule has 5 heteroatoms. The van der Waals surface area contributed by atoms with Crippen molar-refractivity contribution in [2.75, 3.05) is 6.54 Å². The zero-order valence-corrected chi connectivity index (χ0v) is 12.2. The monoisotopic (exact) mass is 301 g/mol. The van der Waals surface area contributed by atoms with E-state index in [0.29, 0.717) is 18.0 Å². The van der Waals surface area contributed by atoms with E-state index in [2.05, 4.69) is 6.92 Å². The van der Waals surface area contributed by atoms with Crippen molar-refractivity contribution in [1.29, 1.82) is 0 Å². The molecule has 1 atom stereocenters. The fourth-order valence-electron chi connectivity index (χ4n) is 3.13. The molecule has 0 aromatic heterocycles. The molecular formula is C16H22F3NO. The van der Waals surface area contributed by atoms with Crippen LogP contribution in [0.4, 0.5) is 13.2 Å². The van der Waals surface area contributed by atoms with Crippen molar-refractivity contribution in [2.24, 2.45) is 17.1 Å². The SMILES string of the molecule is CC1CCC(CN)(C(O)c2ccc(C(F)(F)F)cc2)CC1. The summed E-state index contributed by atoms with van der Waals surface area (Å²) < 4.78 is 37.7. The highest BCUT2D eigenvalue weighted by atomic mass is 19.4. The fourth-order valence-corrected chi connectivity index (χ4v) is 3.13. The van der Waals surface area contributed by atoms with Crippen LogP contribution in [0.15, 0.2) is 24.3 Å². The number of hydrogen-bond donors (Lipinski definition) is 2. The van der Waals surface area contributed by atoms with Crippen molar-refractivity contribution in [2.45, 2.75) is 44.9 Å². The molecule has 1 aromatic rings. The smallest absolute Gasteiger partial charge is 0.388 e. The zero-order chi connectivity index (χ0) is 15.7. The maximum Gasteiger partial charge on any atom is 0.416 e. The van der Waals surface area contributed by atoms with Crippen LogP contribution in [0.5, 0.6) is 0 Å². The van der Waals surface area contributed by atoms with Crippen LogP contribution in [0.1, 0.15) is 49.8 Å². The van der Waals surface area contributed by atoms with Crippen LogP contribution in [0.25, 0.3) is 0 Å². The first-order valence-electron chi connectivity index (χ1n) is 7.34. The Bertz CT molecular complexity index is 461. The number of halogens is 3. The average Bonchev–Trinajstić information content (AvgIpc) is 2.47. The Morgan fingerprint density at radius 3 is 2.19 bits per heavy atom. The lowest BCUT2D eigenvalue weighted by Gasteiger charge is -2.42. The topological polar surface area (TPSA) is 46.2 Å². The molecule has 1 aliphatic rings. The van der Waals surface area contributed by atoms with E-state index in [1.807, 2.05) is 0 Å². The first-order chi connectivity index (χ1) is 9.78. The van der Waals surface area contributed by atoms with E-state index in [1.165, 1.54) is 12.1 Å². The van der Waals surface area contributed by atoms with E-state index in [9.17, 15) is 18.3 Å². The Hall–Kier alpha value is -1.07. The number of hydrogen-bond acceptors (Lipinski definition) is 2. The molecule has 0 saturated heterocycles. The lowest BCUT2D eigenvalue weighted by molar-refractivity contribution is -0.137. The van der Waals surface area contributed by atoms with Gasteiger partial charge in [0.1, 0.15) is 0 Å². The summed E-state index contributed by atoms with van der Waals surface area (Å²) in [4.78, 5) is 0. The van der Waals surface area contributed by atoms with Crippen molar-refractivity contribution >= 4 is 0 Å². The van der Waals surface area contributed by atoms with Crippen molar-refractivity contribution in [1.82, 2.24) is 0 Å². The average molecular weight is 301 g/mol. The summed E-state index contributed by atoms with van der Waals surface area (Å²) in [5.74, 6) is 0.615. The Morgan fingerprint density at radius 1 is 1.24 bits per heavy atom. The molecule has 1 saturated carbocycles. The van der Waals surface area contributed by atoms with Crippen LogP contribution in [-0.4, -0.2) is 11.7 Å². The number of rotatable bonds is 3. The van der Waals surface area contributed by atoms with Gasteiger partial charge in [-0.3, -0.25) is 0 Å². The van der Waals surface area contributed by atoms with Crippen molar-refractivity contribution in [3.8, 4) is 0 Å². The number of nitrogens with two attached hydrogens (primary N) is 1. The molecule has 2 nitrogen and oxygen atoms in total. The van der Waals surface area contributed by atoms with Gasteiger partial charge in [-0.15, -0.1) is 0 Å². The molecule has 0 spiro atoms. The van der Waals surface area contributed by atoms with Crippen molar-refractivity contribution < 1.29 is 18.3 Å². The third-order valence-electron chi connectivity index (χ3n) is 4.81. The van der Waals surface area contributed by atoms with Crippen LogP contribution >= 0.6 is 0 Å². The fraction of sp³-hybridized carbons (Fsp3) is 0.625. The predicted molar refractivity (Wildman–Crippen MR) is 75.5 cm³/mol. The number of alkyl halides is 3. The number of aliphatic hydroxyl groups excluding tert-OH is 1. The first-order valence-corrected chi connectivity index (χ1v) is 7.34.